The molecule has 0 amide bonds. The van der Waals surface area contributed by atoms with Gasteiger partial charge in [-0.3, -0.25) is 0 Å². The molecule has 4 nitrogen and oxygen atoms in total. The summed E-state index contributed by atoms with van der Waals surface area (Å²) in [6.07, 6.45) is 0.469. The van der Waals surface area contributed by atoms with Crippen LogP contribution < -0.4 is 0 Å². The molecule has 0 aromatic heterocycles. The Labute approximate surface area is 201 Å². The third-order valence-corrected chi connectivity index (χ3v) is 8.73. The van der Waals surface area contributed by atoms with Crippen LogP contribution in [0.4, 0.5) is 0 Å². The van der Waals surface area contributed by atoms with Gasteiger partial charge in [0.15, 0.2) is 6.10 Å². The summed E-state index contributed by atoms with van der Waals surface area (Å²) in [6.45, 7) is 4.39. The van der Waals surface area contributed by atoms with Gasteiger partial charge in [-0.25, -0.2) is 4.79 Å². The third-order valence-electron chi connectivity index (χ3n) is 8.73. The highest BCUT2D eigenvalue weighted by molar-refractivity contribution is 5.76. The highest BCUT2D eigenvalue weighted by Gasteiger charge is 2.74. The molecule has 2 fully saturated rings. The van der Waals surface area contributed by atoms with E-state index in [0.29, 0.717) is 17.9 Å². The molecule has 2 bridgehead atoms. The lowest BCUT2D eigenvalue weighted by atomic mass is 9.54. The van der Waals surface area contributed by atoms with Crippen molar-refractivity contribution in [1.82, 2.24) is 0 Å². The van der Waals surface area contributed by atoms with Crippen molar-refractivity contribution in [3.63, 3.8) is 0 Å². The van der Waals surface area contributed by atoms with Crippen molar-refractivity contribution in [3.8, 4) is 0 Å². The molecule has 3 aromatic carbocycles. The van der Waals surface area contributed by atoms with E-state index in [1.54, 1.807) is 24.3 Å². The van der Waals surface area contributed by atoms with Crippen LogP contribution in [0.2, 0.25) is 0 Å². The second-order valence-electron chi connectivity index (χ2n) is 10.3. The molecule has 4 atom stereocenters. The van der Waals surface area contributed by atoms with Crippen LogP contribution >= 0.6 is 0 Å². The molecule has 2 aliphatic rings. The summed E-state index contributed by atoms with van der Waals surface area (Å²) in [5.41, 5.74) is -0.323. The molecule has 2 aliphatic carbocycles. The monoisotopic (exact) mass is 456 g/mol. The molecule has 0 aliphatic heterocycles. The van der Waals surface area contributed by atoms with E-state index >= 15 is 0 Å². The molecular weight excluding hydrogens is 424 g/mol. The minimum Gasteiger partial charge on any atom is -0.459 e. The first-order valence-corrected chi connectivity index (χ1v) is 12.1. The van der Waals surface area contributed by atoms with Crippen molar-refractivity contribution in [2.45, 2.75) is 50.9 Å². The van der Waals surface area contributed by atoms with Crippen molar-refractivity contribution in [2.24, 2.45) is 16.7 Å². The largest absolute Gasteiger partial charge is 0.459 e. The topological polar surface area (TPSA) is 66.8 Å². The predicted octanol–water partition coefficient (Wildman–Crippen LogP) is 5.39. The maximum absolute atomic E-state index is 13.2. The van der Waals surface area contributed by atoms with Crippen molar-refractivity contribution in [3.05, 3.63) is 108 Å². The van der Waals surface area contributed by atoms with Crippen LogP contribution in [-0.4, -0.2) is 22.3 Å². The van der Waals surface area contributed by atoms with Crippen molar-refractivity contribution in [2.75, 3.05) is 0 Å². The first-order chi connectivity index (χ1) is 16.3. The lowest BCUT2D eigenvalue weighted by Gasteiger charge is -2.53. The Morgan fingerprint density at radius 2 is 1.41 bits per heavy atom. The lowest BCUT2D eigenvalue weighted by molar-refractivity contribution is -0.191. The zero-order valence-electron chi connectivity index (χ0n) is 19.7. The summed E-state index contributed by atoms with van der Waals surface area (Å²) in [5, 5.41) is 23.6. The molecule has 0 heterocycles. The highest BCUT2D eigenvalue weighted by Crippen LogP contribution is 2.73. The Bertz CT molecular complexity index is 1100. The van der Waals surface area contributed by atoms with Crippen LogP contribution in [0.5, 0.6) is 0 Å². The Kier molecular flexibility index (Phi) is 5.62. The summed E-state index contributed by atoms with van der Waals surface area (Å²) in [7, 11) is 0. The van der Waals surface area contributed by atoms with E-state index in [-0.39, 0.29) is 5.41 Å². The maximum atomic E-state index is 13.2. The average Bonchev–Trinajstić information content (AvgIpc) is 3.26. The van der Waals surface area contributed by atoms with Gasteiger partial charge in [-0.2, -0.15) is 0 Å². The summed E-state index contributed by atoms with van der Waals surface area (Å²) in [5.74, 6) is -0.361. The smallest absolute Gasteiger partial charge is 0.339 e. The second kappa shape index (κ2) is 8.37. The Morgan fingerprint density at radius 1 is 0.912 bits per heavy atom. The van der Waals surface area contributed by atoms with Crippen molar-refractivity contribution >= 4 is 5.97 Å². The number of fused-ring (bicyclic) bond motifs is 2. The summed E-state index contributed by atoms with van der Waals surface area (Å²) >= 11 is 0. The number of aliphatic hydroxyl groups is 2. The third kappa shape index (κ3) is 3.16. The van der Waals surface area contributed by atoms with E-state index in [4.69, 9.17) is 4.74 Å². The fourth-order valence-corrected chi connectivity index (χ4v) is 6.94. The molecule has 2 saturated carbocycles. The molecule has 0 radical (unpaired) electrons. The zero-order valence-corrected chi connectivity index (χ0v) is 19.7. The molecule has 5 rings (SSSR count). The Morgan fingerprint density at radius 3 is 1.91 bits per heavy atom. The summed E-state index contributed by atoms with van der Waals surface area (Å²) < 4.78 is 6.14. The number of carbonyl (C=O) groups is 1. The van der Waals surface area contributed by atoms with Gasteiger partial charge in [0.25, 0.3) is 0 Å². The number of hydrogen-bond acceptors (Lipinski definition) is 4. The van der Waals surface area contributed by atoms with E-state index in [1.807, 2.05) is 66.7 Å². The Hall–Kier alpha value is -2.95. The fraction of sp³-hybridized carbons (Fsp3) is 0.367. The van der Waals surface area contributed by atoms with Crippen LogP contribution in [0.1, 0.15) is 55.9 Å². The second-order valence-corrected chi connectivity index (χ2v) is 10.3. The van der Waals surface area contributed by atoms with Gasteiger partial charge in [0.1, 0.15) is 11.7 Å². The molecule has 2 N–H and O–H groups in total. The van der Waals surface area contributed by atoms with Crippen LogP contribution in [0.15, 0.2) is 91.0 Å². The number of ether oxygens (including phenoxy) is 1. The van der Waals surface area contributed by atoms with E-state index in [2.05, 4.69) is 13.8 Å². The van der Waals surface area contributed by atoms with Gasteiger partial charge in [-0.05, 0) is 47.3 Å². The number of hydrogen-bond donors (Lipinski definition) is 2. The maximum Gasteiger partial charge on any atom is 0.339 e. The number of esters is 1. The molecule has 4 heteroatoms. The van der Waals surface area contributed by atoms with Gasteiger partial charge in [0.05, 0.1) is 0 Å². The quantitative estimate of drug-likeness (QED) is 0.488. The minimum atomic E-state index is -1.37. The van der Waals surface area contributed by atoms with Gasteiger partial charge < -0.3 is 14.9 Å². The van der Waals surface area contributed by atoms with Crippen molar-refractivity contribution < 1.29 is 19.7 Å². The zero-order chi connectivity index (χ0) is 24.0. The van der Waals surface area contributed by atoms with Crippen LogP contribution in [0.3, 0.4) is 0 Å². The normalized spacial score (nSPS) is 26.2. The SMILES string of the molecule is CC1(C)[C@@H]2CC[C@@]1(C(O)(c1ccccc1)c1ccccc1)[C@H](OC(=O)[C@H](O)c1ccccc1)C2. The number of aliphatic hydroxyl groups excluding tert-OH is 1. The first kappa shape index (κ1) is 22.8. The fourth-order valence-electron chi connectivity index (χ4n) is 6.94. The molecule has 0 saturated heterocycles. The molecule has 34 heavy (non-hydrogen) atoms. The van der Waals surface area contributed by atoms with E-state index < -0.39 is 29.2 Å². The van der Waals surface area contributed by atoms with Gasteiger partial charge in [0, 0.05) is 5.41 Å². The van der Waals surface area contributed by atoms with Crippen LogP contribution in [0.25, 0.3) is 0 Å². The van der Waals surface area contributed by atoms with E-state index in [1.165, 1.54) is 0 Å². The van der Waals surface area contributed by atoms with Gasteiger partial charge in [-0.1, -0.05) is 105 Å². The number of benzene rings is 3. The average molecular weight is 457 g/mol. The van der Waals surface area contributed by atoms with Gasteiger partial charge in [-0.15, -0.1) is 0 Å². The summed E-state index contributed by atoms with van der Waals surface area (Å²) in [6, 6.07) is 28.3. The van der Waals surface area contributed by atoms with Gasteiger partial charge in [0.2, 0.25) is 0 Å². The van der Waals surface area contributed by atoms with Gasteiger partial charge >= 0.3 is 5.97 Å². The summed E-state index contributed by atoms with van der Waals surface area (Å²) in [4.78, 5) is 13.2. The minimum absolute atomic E-state index is 0.296. The first-order valence-electron chi connectivity index (χ1n) is 12.1. The van der Waals surface area contributed by atoms with Crippen LogP contribution in [-0.2, 0) is 15.1 Å². The highest BCUT2D eigenvalue weighted by atomic mass is 16.6. The van der Waals surface area contributed by atoms with Crippen molar-refractivity contribution in [1.29, 1.82) is 0 Å². The van der Waals surface area contributed by atoms with E-state index in [0.717, 1.165) is 24.0 Å². The molecule has 3 aromatic rings. The molecule has 0 spiro atoms. The molecular formula is C30H32O4. The lowest BCUT2D eigenvalue weighted by Crippen LogP contribution is -2.57. The predicted molar refractivity (Wildman–Crippen MR) is 131 cm³/mol. The number of carbonyl (C=O) groups excluding carboxylic acids is 1. The van der Waals surface area contributed by atoms with E-state index in [9.17, 15) is 15.0 Å². The number of rotatable bonds is 6. The Balaban J connectivity index is 1.62. The van der Waals surface area contributed by atoms with Crippen LogP contribution in [0, 0.1) is 16.7 Å². The standard InChI is InChI=1S/C30H32O4/c1-28(2)24-18-19-29(28,25(20-24)34-27(32)26(31)21-12-6-3-7-13-21)30(33,22-14-8-4-9-15-22)23-16-10-5-11-17-23/h3-17,24-26,31,33H,18-20H2,1-2H3/t24-,25-,26-,29-/m1/s1. The molecule has 0 unspecified atom stereocenters. The molecule has 176 valence electrons.